The van der Waals surface area contributed by atoms with Gasteiger partial charge in [0.15, 0.2) is 5.82 Å². The first-order valence-electron chi connectivity index (χ1n) is 8.91. The van der Waals surface area contributed by atoms with Crippen molar-refractivity contribution in [3.8, 4) is 5.82 Å². The SMILES string of the molecule is CC(C)C(=O)N1C[C@@H]2CN(C(=O)c3cn[nH]c3-n3cnnn3)C[C@]2(CO)C1. The number of aromatic nitrogens is 6. The molecule has 2 aliphatic rings. The molecule has 0 unspecified atom stereocenters. The highest BCUT2D eigenvalue weighted by Crippen LogP contribution is 2.43. The second kappa shape index (κ2) is 6.41. The third-order valence-electron chi connectivity index (χ3n) is 5.59. The van der Waals surface area contributed by atoms with Crippen LogP contribution in [-0.4, -0.2) is 89.9 Å². The molecule has 0 aliphatic carbocycles. The number of tetrazole rings is 1. The number of hydrogen-bond acceptors (Lipinski definition) is 7. The molecule has 2 saturated heterocycles. The highest BCUT2D eigenvalue weighted by atomic mass is 16.3. The number of carbonyl (C=O) groups excluding carboxylic acids is 2. The Morgan fingerprint density at radius 1 is 1.33 bits per heavy atom. The fourth-order valence-corrected chi connectivity index (χ4v) is 4.14. The summed E-state index contributed by atoms with van der Waals surface area (Å²) in [6.45, 7) is 5.60. The van der Waals surface area contributed by atoms with Crippen LogP contribution in [-0.2, 0) is 4.79 Å². The number of aliphatic hydroxyl groups excluding tert-OH is 1. The van der Waals surface area contributed by atoms with Crippen molar-refractivity contribution in [3.05, 3.63) is 18.1 Å². The van der Waals surface area contributed by atoms with Gasteiger partial charge in [0.05, 0.1) is 12.8 Å². The summed E-state index contributed by atoms with van der Waals surface area (Å²) >= 11 is 0. The Hall–Kier alpha value is -2.82. The number of aromatic amines is 1. The number of aliphatic hydroxyl groups is 1. The number of fused-ring (bicyclic) bond motifs is 1. The van der Waals surface area contributed by atoms with Gasteiger partial charge >= 0.3 is 0 Å². The van der Waals surface area contributed by atoms with Crippen LogP contribution in [0.5, 0.6) is 0 Å². The van der Waals surface area contributed by atoms with Crippen LogP contribution >= 0.6 is 0 Å². The molecule has 0 saturated carbocycles. The van der Waals surface area contributed by atoms with Crippen LogP contribution in [0.2, 0.25) is 0 Å². The van der Waals surface area contributed by atoms with E-state index in [1.54, 1.807) is 4.90 Å². The molecule has 144 valence electrons. The minimum Gasteiger partial charge on any atom is -0.396 e. The van der Waals surface area contributed by atoms with Crippen LogP contribution in [0.25, 0.3) is 5.82 Å². The van der Waals surface area contributed by atoms with Crippen molar-refractivity contribution < 1.29 is 14.7 Å². The van der Waals surface area contributed by atoms with Gasteiger partial charge in [-0.25, -0.2) is 0 Å². The number of likely N-dealkylation sites (tertiary alicyclic amines) is 2. The van der Waals surface area contributed by atoms with E-state index in [0.29, 0.717) is 37.6 Å². The van der Waals surface area contributed by atoms with E-state index in [2.05, 4.69) is 25.7 Å². The average Bonchev–Trinajstić information content (AvgIpc) is 3.41. The van der Waals surface area contributed by atoms with Gasteiger partial charge in [-0.05, 0) is 10.4 Å². The molecule has 11 nitrogen and oxygen atoms in total. The maximum absolute atomic E-state index is 13.1. The van der Waals surface area contributed by atoms with E-state index in [9.17, 15) is 14.7 Å². The first kappa shape index (κ1) is 17.6. The van der Waals surface area contributed by atoms with Gasteiger partial charge in [-0.3, -0.25) is 14.7 Å². The topological polar surface area (TPSA) is 133 Å². The van der Waals surface area contributed by atoms with Crippen molar-refractivity contribution in [2.45, 2.75) is 13.8 Å². The molecule has 2 atom stereocenters. The largest absolute Gasteiger partial charge is 0.396 e. The fourth-order valence-electron chi connectivity index (χ4n) is 4.14. The van der Waals surface area contributed by atoms with Crippen LogP contribution in [0.3, 0.4) is 0 Å². The predicted octanol–water partition coefficient (Wildman–Crippen LogP) is -1.07. The molecule has 2 aromatic heterocycles. The third kappa shape index (κ3) is 2.78. The van der Waals surface area contributed by atoms with Gasteiger partial charge in [0, 0.05) is 43.4 Å². The summed E-state index contributed by atoms with van der Waals surface area (Å²) in [4.78, 5) is 28.9. The maximum atomic E-state index is 13.1. The maximum Gasteiger partial charge on any atom is 0.259 e. The molecule has 0 bridgehead atoms. The molecule has 2 N–H and O–H groups in total. The summed E-state index contributed by atoms with van der Waals surface area (Å²) in [7, 11) is 0. The Morgan fingerprint density at radius 3 is 2.70 bits per heavy atom. The standard InChI is InChI=1S/C16H22N8O3/c1-10(2)14(26)22-4-11-5-23(7-16(11,6-22)8-25)15(27)12-3-17-19-13(12)24-9-18-20-21-24/h3,9-11,25H,4-8H2,1-2H3,(H,17,19)/t11-,16+/m1/s1. The van der Waals surface area contributed by atoms with Gasteiger partial charge in [-0.15, -0.1) is 5.10 Å². The number of amides is 2. The molecule has 2 aliphatic heterocycles. The molecule has 0 aromatic carbocycles. The zero-order chi connectivity index (χ0) is 19.2. The number of H-pyrrole nitrogens is 1. The lowest BCUT2D eigenvalue weighted by Crippen LogP contribution is -2.41. The van der Waals surface area contributed by atoms with Crippen LogP contribution in [0.4, 0.5) is 0 Å². The van der Waals surface area contributed by atoms with E-state index in [0.717, 1.165) is 0 Å². The zero-order valence-corrected chi connectivity index (χ0v) is 15.2. The number of carbonyl (C=O) groups is 2. The molecule has 0 radical (unpaired) electrons. The number of nitrogens with one attached hydrogen (secondary N) is 1. The van der Waals surface area contributed by atoms with Crippen molar-refractivity contribution in [2.24, 2.45) is 17.3 Å². The molecule has 4 heterocycles. The van der Waals surface area contributed by atoms with E-state index in [1.807, 2.05) is 18.7 Å². The monoisotopic (exact) mass is 374 g/mol. The summed E-state index contributed by atoms with van der Waals surface area (Å²) in [5, 5.41) is 27.7. The molecule has 27 heavy (non-hydrogen) atoms. The quantitative estimate of drug-likeness (QED) is 0.696. The number of nitrogens with zero attached hydrogens (tertiary/aromatic N) is 7. The minimum absolute atomic E-state index is 0.0533. The van der Waals surface area contributed by atoms with Crippen LogP contribution in [0, 0.1) is 17.3 Å². The third-order valence-corrected chi connectivity index (χ3v) is 5.59. The molecule has 0 spiro atoms. The Kier molecular flexibility index (Phi) is 4.17. The van der Waals surface area contributed by atoms with Gasteiger partial charge in [-0.2, -0.15) is 9.78 Å². The van der Waals surface area contributed by atoms with Gasteiger partial charge in [0.25, 0.3) is 5.91 Å². The lowest BCUT2D eigenvalue weighted by molar-refractivity contribution is -0.134. The summed E-state index contributed by atoms with van der Waals surface area (Å²) in [5.41, 5.74) is -0.107. The van der Waals surface area contributed by atoms with Crippen LogP contribution < -0.4 is 0 Å². The van der Waals surface area contributed by atoms with Crippen molar-refractivity contribution in [1.82, 2.24) is 40.2 Å². The highest BCUT2D eigenvalue weighted by Gasteiger charge is 2.54. The summed E-state index contributed by atoms with van der Waals surface area (Å²) < 4.78 is 1.35. The Balaban J connectivity index is 1.53. The average molecular weight is 374 g/mol. The van der Waals surface area contributed by atoms with Crippen molar-refractivity contribution in [1.29, 1.82) is 0 Å². The Labute approximate surface area is 155 Å². The van der Waals surface area contributed by atoms with E-state index < -0.39 is 5.41 Å². The first-order chi connectivity index (χ1) is 12.9. The highest BCUT2D eigenvalue weighted by molar-refractivity contribution is 5.97. The predicted molar refractivity (Wildman–Crippen MR) is 91.6 cm³/mol. The fraction of sp³-hybridized carbons (Fsp3) is 0.625. The van der Waals surface area contributed by atoms with Gasteiger partial charge < -0.3 is 14.9 Å². The van der Waals surface area contributed by atoms with Crippen molar-refractivity contribution in [3.63, 3.8) is 0 Å². The normalized spacial score (nSPS) is 24.7. The molecular weight excluding hydrogens is 352 g/mol. The second-order valence-corrected chi connectivity index (χ2v) is 7.66. The van der Waals surface area contributed by atoms with E-state index in [-0.39, 0.29) is 30.3 Å². The van der Waals surface area contributed by atoms with Gasteiger partial charge in [-0.1, -0.05) is 13.8 Å². The van der Waals surface area contributed by atoms with Crippen LogP contribution in [0.15, 0.2) is 12.5 Å². The lowest BCUT2D eigenvalue weighted by atomic mass is 9.82. The number of hydrogen-bond donors (Lipinski definition) is 2. The molecular formula is C16H22N8O3. The summed E-state index contributed by atoms with van der Waals surface area (Å²) in [5.74, 6) is 0.264. The molecule has 2 amide bonds. The molecule has 2 aromatic rings. The van der Waals surface area contributed by atoms with Crippen molar-refractivity contribution in [2.75, 3.05) is 32.8 Å². The van der Waals surface area contributed by atoms with Crippen LogP contribution in [0.1, 0.15) is 24.2 Å². The molecule has 4 rings (SSSR count). The first-order valence-corrected chi connectivity index (χ1v) is 8.91. The van der Waals surface area contributed by atoms with E-state index in [1.165, 1.54) is 17.2 Å². The molecule has 2 fully saturated rings. The van der Waals surface area contributed by atoms with Gasteiger partial charge in [0.1, 0.15) is 11.9 Å². The number of rotatable bonds is 4. The molecule has 11 heteroatoms. The minimum atomic E-state index is -0.473. The van der Waals surface area contributed by atoms with Gasteiger partial charge in [0.2, 0.25) is 5.91 Å². The van der Waals surface area contributed by atoms with E-state index >= 15 is 0 Å². The lowest BCUT2D eigenvalue weighted by Gasteiger charge is -2.28. The van der Waals surface area contributed by atoms with E-state index in [4.69, 9.17) is 0 Å². The second-order valence-electron chi connectivity index (χ2n) is 7.66. The Morgan fingerprint density at radius 2 is 2.07 bits per heavy atom. The summed E-state index contributed by atoms with van der Waals surface area (Å²) in [6.07, 6.45) is 2.83. The smallest absolute Gasteiger partial charge is 0.259 e. The summed E-state index contributed by atoms with van der Waals surface area (Å²) in [6, 6.07) is 0. The Bertz CT molecular complexity index is 848. The zero-order valence-electron chi connectivity index (χ0n) is 15.2. The van der Waals surface area contributed by atoms with Crippen molar-refractivity contribution >= 4 is 11.8 Å².